The van der Waals surface area contributed by atoms with Crippen molar-refractivity contribution in [2.24, 2.45) is 0 Å². The molecule has 100 valence electrons. The topological polar surface area (TPSA) is 45.8 Å². The molecule has 1 N–H and O–H groups in total. The Morgan fingerprint density at radius 1 is 1.16 bits per heavy atom. The Morgan fingerprint density at radius 2 is 1.84 bits per heavy atom. The van der Waals surface area contributed by atoms with Crippen LogP contribution in [0, 0.1) is 0 Å². The van der Waals surface area contributed by atoms with Crippen LogP contribution in [0.15, 0.2) is 41.2 Å². The Labute approximate surface area is 107 Å². The van der Waals surface area contributed by atoms with Gasteiger partial charge in [0.1, 0.15) is 5.82 Å². The first-order valence-electron chi connectivity index (χ1n) is 5.66. The number of rotatable bonds is 3. The Bertz CT molecular complexity index is 605. The molecular formula is C13H11F3N2O. The second kappa shape index (κ2) is 5.26. The largest absolute Gasteiger partial charge is 0.389 e. The summed E-state index contributed by atoms with van der Waals surface area (Å²) in [6.07, 6.45) is -5.60. The van der Waals surface area contributed by atoms with Crippen LogP contribution in [0.2, 0.25) is 0 Å². The minimum Gasteiger partial charge on any atom is -0.311 e. The van der Waals surface area contributed by atoms with Crippen molar-refractivity contribution in [2.75, 3.05) is 0 Å². The van der Waals surface area contributed by atoms with E-state index in [0.717, 1.165) is 0 Å². The number of aromatic nitrogens is 2. The molecule has 19 heavy (non-hydrogen) atoms. The lowest BCUT2D eigenvalue weighted by Crippen LogP contribution is -2.15. The summed E-state index contributed by atoms with van der Waals surface area (Å²) in [6.45, 7) is 0. The molecule has 0 aliphatic rings. The van der Waals surface area contributed by atoms with Crippen molar-refractivity contribution in [3.8, 4) is 11.3 Å². The average Bonchev–Trinajstić information content (AvgIpc) is 2.36. The van der Waals surface area contributed by atoms with Gasteiger partial charge >= 0.3 is 6.18 Å². The first-order chi connectivity index (χ1) is 8.94. The maximum Gasteiger partial charge on any atom is 0.389 e. The number of benzene rings is 1. The second-order valence-corrected chi connectivity index (χ2v) is 4.06. The summed E-state index contributed by atoms with van der Waals surface area (Å²) in [7, 11) is 0. The predicted octanol–water partition coefficient (Wildman–Crippen LogP) is 2.93. The van der Waals surface area contributed by atoms with Crippen LogP contribution in [0.25, 0.3) is 11.3 Å². The zero-order valence-corrected chi connectivity index (χ0v) is 9.87. The van der Waals surface area contributed by atoms with Gasteiger partial charge in [0.2, 0.25) is 0 Å². The van der Waals surface area contributed by atoms with E-state index in [-0.39, 0.29) is 12.2 Å². The van der Waals surface area contributed by atoms with Crippen LogP contribution in [0.1, 0.15) is 12.2 Å². The number of aryl methyl sites for hydroxylation is 1. The maximum absolute atomic E-state index is 12.1. The summed E-state index contributed by atoms with van der Waals surface area (Å²) >= 11 is 0. The number of hydrogen-bond acceptors (Lipinski definition) is 2. The molecular weight excluding hydrogens is 257 g/mol. The van der Waals surface area contributed by atoms with Gasteiger partial charge in [-0.25, -0.2) is 4.98 Å². The molecule has 0 unspecified atom stereocenters. The molecule has 0 atom stereocenters. The predicted molar refractivity (Wildman–Crippen MR) is 64.7 cm³/mol. The van der Waals surface area contributed by atoms with Gasteiger partial charge in [-0.1, -0.05) is 30.3 Å². The molecule has 0 fully saturated rings. The third-order valence-corrected chi connectivity index (χ3v) is 2.51. The van der Waals surface area contributed by atoms with Gasteiger partial charge in [-0.3, -0.25) is 4.79 Å². The van der Waals surface area contributed by atoms with Crippen molar-refractivity contribution in [2.45, 2.75) is 19.0 Å². The van der Waals surface area contributed by atoms with E-state index in [4.69, 9.17) is 0 Å². The molecule has 0 aliphatic heterocycles. The van der Waals surface area contributed by atoms with Gasteiger partial charge in [-0.2, -0.15) is 13.2 Å². The molecule has 6 heteroatoms. The highest BCUT2D eigenvalue weighted by Crippen LogP contribution is 2.21. The van der Waals surface area contributed by atoms with Crippen LogP contribution in [0.3, 0.4) is 0 Å². The molecule has 1 aromatic heterocycles. The Morgan fingerprint density at radius 3 is 2.47 bits per heavy atom. The van der Waals surface area contributed by atoms with Crippen LogP contribution in [0.5, 0.6) is 0 Å². The van der Waals surface area contributed by atoms with E-state index in [9.17, 15) is 18.0 Å². The van der Waals surface area contributed by atoms with Gasteiger partial charge in [0, 0.05) is 18.1 Å². The number of nitrogens with zero attached hydrogens (tertiary/aromatic N) is 1. The van der Waals surface area contributed by atoms with Crippen molar-refractivity contribution in [1.29, 1.82) is 0 Å². The number of H-pyrrole nitrogens is 1. The fourth-order valence-electron chi connectivity index (χ4n) is 1.64. The van der Waals surface area contributed by atoms with Crippen molar-refractivity contribution in [1.82, 2.24) is 9.97 Å². The fraction of sp³-hybridized carbons (Fsp3) is 0.231. The van der Waals surface area contributed by atoms with Crippen molar-refractivity contribution >= 4 is 0 Å². The first-order valence-corrected chi connectivity index (χ1v) is 5.66. The standard InChI is InChI=1S/C13H11F3N2O/c14-13(15,16)7-6-11-17-10(8-12(19)18-11)9-4-2-1-3-5-9/h1-5,8H,6-7H2,(H,17,18,19). The van der Waals surface area contributed by atoms with E-state index < -0.39 is 18.2 Å². The van der Waals surface area contributed by atoms with Crippen molar-refractivity contribution in [3.05, 3.63) is 52.6 Å². The number of halogens is 3. The van der Waals surface area contributed by atoms with Crippen molar-refractivity contribution < 1.29 is 13.2 Å². The summed E-state index contributed by atoms with van der Waals surface area (Å²) in [5, 5.41) is 0. The lowest BCUT2D eigenvalue weighted by molar-refractivity contribution is -0.134. The summed E-state index contributed by atoms with van der Waals surface area (Å²) in [6, 6.07) is 10.1. The lowest BCUT2D eigenvalue weighted by atomic mass is 10.1. The Kier molecular flexibility index (Phi) is 3.69. The van der Waals surface area contributed by atoms with Crippen LogP contribution in [0.4, 0.5) is 13.2 Å². The monoisotopic (exact) mass is 268 g/mol. The quantitative estimate of drug-likeness (QED) is 0.930. The average molecular weight is 268 g/mol. The third-order valence-electron chi connectivity index (χ3n) is 2.51. The first kappa shape index (κ1) is 13.3. The minimum absolute atomic E-state index is 0.0451. The Hall–Kier alpha value is -2.11. The molecule has 0 saturated carbocycles. The third kappa shape index (κ3) is 3.94. The number of nitrogens with one attached hydrogen (secondary N) is 1. The van der Waals surface area contributed by atoms with E-state index in [1.807, 2.05) is 0 Å². The summed E-state index contributed by atoms with van der Waals surface area (Å²) < 4.78 is 36.4. The highest BCUT2D eigenvalue weighted by molar-refractivity contribution is 5.58. The normalized spacial score (nSPS) is 11.5. The molecule has 0 amide bonds. The fourth-order valence-corrected chi connectivity index (χ4v) is 1.64. The Balaban J connectivity index is 2.28. The van der Waals surface area contributed by atoms with E-state index >= 15 is 0 Å². The molecule has 0 saturated heterocycles. The lowest BCUT2D eigenvalue weighted by Gasteiger charge is -2.07. The van der Waals surface area contributed by atoms with Gasteiger partial charge < -0.3 is 4.98 Å². The van der Waals surface area contributed by atoms with Gasteiger partial charge in [0.15, 0.2) is 0 Å². The van der Waals surface area contributed by atoms with E-state index in [2.05, 4.69) is 9.97 Å². The van der Waals surface area contributed by atoms with Crippen molar-refractivity contribution in [3.63, 3.8) is 0 Å². The van der Waals surface area contributed by atoms with Gasteiger partial charge in [-0.05, 0) is 0 Å². The summed E-state index contributed by atoms with van der Waals surface area (Å²) in [4.78, 5) is 17.8. The molecule has 3 nitrogen and oxygen atoms in total. The highest BCUT2D eigenvalue weighted by atomic mass is 19.4. The molecule has 0 bridgehead atoms. The van der Waals surface area contributed by atoms with Gasteiger partial charge in [0.25, 0.3) is 5.56 Å². The number of hydrogen-bond donors (Lipinski definition) is 1. The molecule has 0 aliphatic carbocycles. The molecule has 0 radical (unpaired) electrons. The summed E-state index contributed by atoms with van der Waals surface area (Å²) in [5.74, 6) is 0.0451. The van der Waals surface area contributed by atoms with Crippen LogP contribution in [-0.2, 0) is 6.42 Å². The number of aromatic amines is 1. The summed E-state index contributed by atoms with van der Waals surface area (Å²) in [5.41, 5.74) is 0.620. The van der Waals surface area contributed by atoms with Crippen LogP contribution in [-0.4, -0.2) is 16.1 Å². The van der Waals surface area contributed by atoms with Crippen LogP contribution < -0.4 is 5.56 Å². The molecule has 1 heterocycles. The molecule has 1 aromatic carbocycles. The minimum atomic E-state index is -4.26. The van der Waals surface area contributed by atoms with E-state index in [1.54, 1.807) is 30.3 Å². The van der Waals surface area contributed by atoms with Gasteiger partial charge in [-0.15, -0.1) is 0 Å². The zero-order chi connectivity index (χ0) is 13.9. The molecule has 2 rings (SSSR count). The second-order valence-electron chi connectivity index (χ2n) is 4.06. The van der Waals surface area contributed by atoms with E-state index in [1.165, 1.54) is 6.07 Å². The number of alkyl halides is 3. The zero-order valence-electron chi connectivity index (χ0n) is 9.87. The SMILES string of the molecule is O=c1cc(-c2ccccc2)nc(CCC(F)(F)F)[nH]1. The smallest absolute Gasteiger partial charge is 0.311 e. The van der Waals surface area contributed by atoms with E-state index in [0.29, 0.717) is 11.3 Å². The highest BCUT2D eigenvalue weighted by Gasteiger charge is 2.27. The molecule has 0 spiro atoms. The maximum atomic E-state index is 12.1. The van der Waals surface area contributed by atoms with Crippen LogP contribution >= 0.6 is 0 Å². The molecule has 2 aromatic rings. The van der Waals surface area contributed by atoms with Gasteiger partial charge in [0.05, 0.1) is 12.1 Å².